The van der Waals surface area contributed by atoms with Gasteiger partial charge >= 0.3 is 0 Å². The largest absolute Gasteiger partial charge is 0.497 e. The quantitative estimate of drug-likeness (QED) is 0.619. The molecule has 0 fully saturated rings. The highest BCUT2D eigenvalue weighted by Crippen LogP contribution is 2.26. The second kappa shape index (κ2) is 7.84. The summed E-state index contributed by atoms with van der Waals surface area (Å²) in [6, 6.07) is 11.8. The number of nitrogens with one attached hydrogen (secondary N) is 1. The Morgan fingerprint density at radius 1 is 1.08 bits per heavy atom. The molecule has 0 amide bonds. The van der Waals surface area contributed by atoms with E-state index in [0.717, 1.165) is 5.75 Å². The Kier molecular flexibility index (Phi) is 5.55. The van der Waals surface area contributed by atoms with E-state index in [4.69, 9.17) is 13.6 Å². The molecule has 0 radical (unpaired) electrons. The Balaban J connectivity index is 1.68. The van der Waals surface area contributed by atoms with E-state index in [-0.39, 0.29) is 6.04 Å². The predicted molar refractivity (Wildman–Crippen MR) is 97.1 cm³/mol. The van der Waals surface area contributed by atoms with Gasteiger partial charge in [-0.25, -0.2) is 0 Å². The fourth-order valence-corrected chi connectivity index (χ4v) is 2.91. The standard InChI is InChI=1S/C18H20BrN3O3/c1-11(2)17(12-4-6-13(23-3)7-5-12)20-10-16-21-22-18(25-16)14-8-9-15(19)24-14/h4-9,11,17,20H,10H2,1-3H3. The van der Waals surface area contributed by atoms with Crippen LogP contribution in [0.2, 0.25) is 0 Å². The minimum absolute atomic E-state index is 0.166. The van der Waals surface area contributed by atoms with Crippen LogP contribution < -0.4 is 10.1 Å². The SMILES string of the molecule is COc1ccc(C(NCc2nnc(-c3ccc(Br)o3)o2)C(C)C)cc1. The summed E-state index contributed by atoms with van der Waals surface area (Å²) < 4.78 is 16.9. The average Bonchev–Trinajstić information content (AvgIpc) is 3.24. The van der Waals surface area contributed by atoms with Gasteiger partial charge in [0.05, 0.1) is 13.7 Å². The van der Waals surface area contributed by atoms with Gasteiger partial charge in [-0.05, 0) is 51.7 Å². The lowest BCUT2D eigenvalue weighted by Crippen LogP contribution is -2.25. The molecule has 0 aliphatic rings. The van der Waals surface area contributed by atoms with Crippen molar-refractivity contribution < 1.29 is 13.6 Å². The first-order chi connectivity index (χ1) is 12.1. The van der Waals surface area contributed by atoms with Crippen LogP contribution in [0.3, 0.4) is 0 Å². The number of methoxy groups -OCH3 is 1. The number of furan rings is 1. The summed E-state index contributed by atoms with van der Waals surface area (Å²) in [6.45, 7) is 4.81. The third-order valence-electron chi connectivity index (χ3n) is 3.87. The van der Waals surface area contributed by atoms with Crippen LogP contribution in [0.25, 0.3) is 11.7 Å². The first kappa shape index (κ1) is 17.7. The predicted octanol–water partition coefficient (Wildman–Crippen LogP) is 4.59. The topological polar surface area (TPSA) is 73.3 Å². The minimum Gasteiger partial charge on any atom is -0.497 e. The smallest absolute Gasteiger partial charge is 0.283 e. The van der Waals surface area contributed by atoms with E-state index in [1.807, 2.05) is 12.1 Å². The highest BCUT2D eigenvalue weighted by molar-refractivity contribution is 9.10. The Bertz CT molecular complexity index is 811. The molecule has 0 spiro atoms. The fourth-order valence-electron chi connectivity index (χ4n) is 2.60. The molecule has 0 bridgehead atoms. The molecule has 0 saturated heterocycles. The summed E-state index contributed by atoms with van der Waals surface area (Å²) in [6.07, 6.45) is 0. The maximum atomic E-state index is 5.67. The Morgan fingerprint density at radius 3 is 2.44 bits per heavy atom. The normalized spacial score (nSPS) is 12.5. The maximum absolute atomic E-state index is 5.67. The second-order valence-electron chi connectivity index (χ2n) is 5.98. The molecule has 3 rings (SSSR count). The number of nitrogens with zero attached hydrogens (tertiary/aromatic N) is 2. The van der Waals surface area contributed by atoms with Gasteiger partial charge in [0.1, 0.15) is 5.75 Å². The summed E-state index contributed by atoms with van der Waals surface area (Å²) in [5.74, 6) is 2.67. The van der Waals surface area contributed by atoms with Crippen LogP contribution >= 0.6 is 15.9 Å². The van der Waals surface area contributed by atoms with Gasteiger partial charge in [0.25, 0.3) is 5.89 Å². The molecule has 0 saturated carbocycles. The van der Waals surface area contributed by atoms with Gasteiger partial charge in [0, 0.05) is 6.04 Å². The van der Waals surface area contributed by atoms with E-state index in [2.05, 4.69) is 57.4 Å². The van der Waals surface area contributed by atoms with Crippen molar-refractivity contribution in [2.24, 2.45) is 5.92 Å². The number of hydrogen-bond acceptors (Lipinski definition) is 6. The molecule has 1 N–H and O–H groups in total. The van der Waals surface area contributed by atoms with Crippen LogP contribution in [0.5, 0.6) is 5.75 Å². The number of rotatable bonds is 7. The lowest BCUT2D eigenvalue weighted by Gasteiger charge is -2.22. The van der Waals surface area contributed by atoms with Gasteiger partial charge < -0.3 is 18.9 Å². The zero-order valence-electron chi connectivity index (χ0n) is 14.3. The van der Waals surface area contributed by atoms with Crippen LogP contribution in [0.1, 0.15) is 31.3 Å². The van der Waals surface area contributed by atoms with Gasteiger partial charge in [0.2, 0.25) is 5.89 Å². The molecular formula is C18H20BrN3O3. The molecule has 3 aromatic rings. The van der Waals surface area contributed by atoms with E-state index < -0.39 is 0 Å². The van der Waals surface area contributed by atoms with Crippen molar-refractivity contribution in [2.75, 3.05) is 7.11 Å². The summed E-state index contributed by atoms with van der Waals surface area (Å²) in [4.78, 5) is 0. The second-order valence-corrected chi connectivity index (χ2v) is 6.76. The molecule has 1 aromatic carbocycles. The lowest BCUT2D eigenvalue weighted by atomic mass is 9.96. The number of ether oxygens (including phenoxy) is 1. The van der Waals surface area contributed by atoms with E-state index in [1.165, 1.54) is 5.56 Å². The van der Waals surface area contributed by atoms with Crippen molar-refractivity contribution in [3.05, 3.63) is 52.5 Å². The number of benzene rings is 1. The molecule has 0 aliphatic heterocycles. The van der Waals surface area contributed by atoms with Crippen LogP contribution in [0, 0.1) is 5.92 Å². The molecule has 1 atom stereocenters. The molecule has 132 valence electrons. The van der Waals surface area contributed by atoms with Crippen LogP contribution in [0.15, 0.2) is 49.9 Å². The van der Waals surface area contributed by atoms with Gasteiger partial charge in [-0.3, -0.25) is 0 Å². The van der Waals surface area contributed by atoms with E-state index in [9.17, 15) is 0 Å². The van der Waals surface area contributed by atoms with Gasteiger partial charge in [-0.2, -0.15) is 0 Å². The van der Waals surface area contributed by atoms with Gasteiger partial charge in [-0.1, -0.05) is 26.0 Å². The molecule has 25 heavy (non-hydrogen) atoms. The highest BCUT2D eigenvalue weighted by Gasteiger charge is 2.18. The van der Waals surface area contributed by atoms with Gasteiger partial charge in [0.15, 0.2) is 10.4 Å². The van der Waals surface area contributed by atoms with E-state index in [0.29, 0.717) is 34.7 Å². The lowest BCUT2D eigenvalue weighted by molar-refractivity contribution is 0.376. The zero-order chi connectivity index (χ0) is 17.8. The van der Waals surface area contributed by atoms with Crippen molar-refractivity contribution in [1.29, 1.82) is 0 Å². The first-order valence-electron chi connectivity index (χ1n) is 8.02. The van der Waals surface area contributed by atoms with Crippen LogP contribution in [-0.2, 0) is 6.54 Å². The van der Waals surface area contributed by atoms with Crippen LogP contribution in [0.4, 0.5) is 0 Å². The third-order valence-corrected chi connectivity index (χ3v) is 4.29. The molecule has 6 nitrogen and oxygen atoms in total. The first-order valence-corrected chi connectivity index (χ1v) is 8.81. The highest BCUT2D eigenvalue weighted by atomic mass is 79.9. The third kappa shape index (κ3) is 4.29. The molecule has 2 heterocycles. The Labute approximate surface area is 154 Å². The van der Waals surface area contributed by atoms with Crippen LogP contribution in [-0.4, -0.2) is 17.3 Å². The average molecular weight is 406 g/mol. The van der Waals surface area contributed by atoms with Crippen molar-refractivity contribution in [3.63, 3.8) is 0 Å². The van der Waals surface area contributed by atoms with E-state index >= 15 is 0 Å². The zero-order valence-corrected chi connectivity index (χ0v) is 15.9. The monoisotopic (exact) mass is 405 g/mol. The number of hydrogen-bond donors (Lipinski definition) is 1. The molecule has 0 aliphatic carbocycles. The summed E-state index contributed by atoms with van der Waals surface area (Å²) in [5.41, 5.74) is 1.19. The van der Waals surface area contributed by atoms with E-state index in [1.54, 1.807) is 19.2 Å². The van der Waals surface area contributed by atoms with Gasteiger partial charge in [-0.15, -0.1) is 10.2 Å². The number of halogens is 1. The summed E-state index contributed by atoms with van der Waals surface area (Å²) in [7, 11) is 1.66. The molecular weight excluding hydrogens is 386 g/mol. The Morgan fingerprint density at radius 2 is 1.84 bits per heavy atom. The molecule has 1 unspecified atom stereocenters. The summed E-state index contributed by atoms with van der Waals surface area (Å²) in [5, 5.41) is 11.6. The Hall–Kier alpha value is -2.12. The van der Waals surface area contributed by atoms with Crippen molar-refractivity contribution >= 4 is 15.9 Å². The van der Waals surface area contributed by atoms with Crippen molar-refractivity contribution in [2.45, 2.75) is 26.4 Å². The fraction of sp³-hybridized carbons (Fsp3) is 0.333. The van der Waals surface area contributed by atoms with Crippen molar-refractivity contribution in [1.82, 2.24) is 15.5 Å². The number of aromatic nitrogens is 2. The molecule has 7 heteroatoms. The van der Waals surface area contributed by atoms with Crippen molar-refractivity contribution in [3.8, 4) is 17.4 Å². The minimum atomic E-state index is 0.166. The maximum Gasteiger partial charge on any atom is 0.283 e. The summed E-state index contributed by atoms with van der Waals surface area (Å²) >= 11 is 3.26. The molecule has 2 aromatic heterocycles.